The Balaban J connectivity index is 2.34. The lowest BCUT2D eigenvalue weighted by Crippen LogP contribution is -2.48. The highest BCUT2D eigenvalue weighted by Gasteiger charge is 2.23. The summed E-state index contributed by atoms with van der Waals surface area (Å²) in [6, 6.07) is -0.142. The summed E-state index contributed by atoms with van der Waals surface area (Å²) in [5, 5.41) is 11.9. The third-order valence-corrected chi connectivity index (χ3v) is 4.23. The summed E-state index contributed by atoms with van der Waals surface area (Å²) in [6.45, 7) is 5.40. The van der Waals surface area contributed by atoms with Crippen LogP contribution in [0.4, 0.5) is 4.79 Å². The molecule has 5 nitrogen and oxygen atoms in total. The van der Waals surface area contributed by atoms with Gasteiger partial charge in [0, 0.05) is 30.6 Å². The summed E-state index contributed by atoms with van der Waals surface area (Å²) in [4.78, 5) is 24.2. The average molecular weight is 260 g/mol. The Morgan fingerprint density at radius 2 is 2.29 bits per heavy atom. The van der Waals surface area contributed by atoms with Crippen molar-refractivity contribution < 1.29 is 14.7 Å². The fourth-order valence-electron chi connectivity index (χ4n) is 1.59. The lowest BCUT2D eigenvalue weighted by molar-refractivity contribution is -0.140. The van der Waals surface area contributed by atoms with Gasteiger partial charge in [-0.05, 0) is 6.42 Å². The van der Waals surface area contributed by atoms with Gasteiger partial charge in [0.1, 0.15) is 0 Å². The van der Waals surface area contributed by atoms with Crippen LogP contribution >= 0.6 is 11.8 Å². The van der Waals surface area contributed by atoms with Crippen LogP contribution in [0.3, 0.4) is 0 Å². The van der Waals surface area contributed by atoms with Gasteiger partial charge in [0.2, 0.25) is 0 Å². The predicted octanol–water partition coefficient (Wildman–Crippen LogP) is 1.24. The number of carbonyl (C=O) groups excluding carboxylic acids is 1. The zero-order valence-electron chi connectivity index (χ0n) is 10.3. The largest absolute Gasteiger partial charge is 0.481 e. The van der Waals surface area contributed by atoms with E-state index in [4.69, 9.17) is 5.11 Å². The summed E-state index contributed by atoms with van der Waals surface area (Å²) in [5.41, 5.74) is 0. The quantitative estimate of drug-likeness (QED) is 0.798. The zero-order chi connectivity index (χ0) is 12.8. The number of nitrogens with zero attached hydrogens (tertiary/aromatic N) is 1. The number of carboxylic acid groups (broad SMARTS) is 1. The van der Waals surface area contributed by atoms with Crippen LogP contribution in [0.2, 0.25) is 0 Å². The van der Waals surface area contributed by atoms with E-state index in [0.717, 1.165) is 25.3 Å². The van der Waals surface area contributed by atoms with Gasteiger partial charge in [-0.15, -0.1) is 0 Å². The smallest absolute Gasteiger partial charge is 0.317 e. The first-order chi connectivity index (χ1) is 8.04. The molecule has 0 bridgehead atoms. The number of carboxylic acids is 1. The molecule has 1 aliphatic rings. The maximum atomic E-state index is 11.8. The molecule has 0 radical (unpaired) electrons. The summed E-state index contributed by atoms with van der Waals surface area (Å²) in [6.07, 6.45) is 1.06. The van der Waals surface area contributed by atoms with E-state index in [2.05, 4.69) is 12.2 Å². The molecule has 17 heavy (non-hydrogen) atoms. The zero-order valence-corrected chi connectivity index (χ0v) is 11.1. The van der Waals surface area contributed by atoms with Crippen LogP contribution in [-0.4, -0.2) is 52.6 Å². The van der Waals surface area contributed by atoms with Crippen LogP contribution in [0.25, 0.3) is 0 Å². The number of amides is 2. The standard InChI is InChI=1S/C11H20N2O3S/c1-3-9-7-13(4-5-17-9)11(16)12-6-8(2)10(14)15/h8-9H,3-7H2,1-2H3,(H,12,16)(H,14,15). The van der Waals surface area contributed by atoms with Crippen molar-refractivity contribution in [2.45, 2.75) is 25.5 Å². The summed E-state index contributed by atoms with van der Waals surface area (Å²) >= 11 is 1.90. The first-order valence-electron chi connectivity index (χ1n) is 5.91. The van der Waals surface area contributed by atoms with Gasteiger partial charge < -0.3 is 15.3 Å². The molecule has 0 aromatic carbocycles. The van der Waals surface area contributed by atoms with Gasteiger partial charge in [0.25, 0.3) is 0 Å². The number of aliphatic carboxylic acids is 1. The lowest BCUT2D eigenvalue weighted by atomic mass is 10.2. The number of rotatable bonds is 4. The van der Waals surface area contributed by atoms with Crippen molar-refractivity contribution in [3.8, 4) is 0 Å². The molecule has 1 heterocycles. The number of thioether (sulfide) groups is 1. The molecule has 98 valence electrons. The summed E-state index contributed by atoms with van der Waals surface area (Å²) < 4.78 is 0. The van der Waals surface area contributed by atoms with Crippen molar-refractivity contribution in [2.75, 3.05) is 25.4 Å². The Morgan fingerprint density at radius 3 is 2.88 bits per heavy atom. The summed E-state index contributed by atoms with van der Waals surface area (Å²) in [7, 11) is 0. The topological polar surface area (TPSA) is 69.6 Å². The van der Waals surface area contributed by atoms with Crippen molar-refractivity contribution in [3.63, 3.8) is 0 Å². The van der Waals surface area contributed by atoms with Gasteiger partial charge in [-0.3, -0.25) is 4.79 Å². The SMILES string of the molecule is CCC1CN(C(=O)NCC(C)C(=O)O)CCS1. The van der Waals surface area contributed by atoms with E-state index >= 15 is 0 Å². The molecule has 1 saturated heterocycles. The molecule has 0 aromatic heterocycles. The van der Waals surface area contributed by atoms with Crippen LogP contribution < -0.4 is 5.32 Å². The second-order valence-corrected chi connectivity index (χ2v) is 5.68. The Kier molecular flexibility index (Phi) is 5.61. The van der Waals surface area contributed by atoms with E-state index in [1.54, 1.807) is 11.8 Å². The van der Waals surface area contributed by atoms with Crippen LogP contribution in [0, 0.1) is 5.92 Å². The van der Waals surface area contributed by atoms with E-state index in [1.165, 1.54) is 0 Å². The molecule has 1 rings (SSSR count). The van der Waals surface area contributed by atoms with Gasteiger partial charge >= 0.3 is 12.0 Å². The number of carbonyl (C=O) groups is 2. The maximum Gasteiger partial charge on any atom is 0.317 e. The van der Waals surface area contributed by atoms with Gasteiger partial charge in [0.05, 0.1) is 5.92 Å². The minimum Gasteiger partial charge on any atom is -0.481 e. The Bertz CT molecular complexity index is 286. The second-order valence-electron chi connectivity index (χ2n) is 4.27. The highest BCUT2D eigenvalue weighted by Crippen LogP contribution is 2.20. The van der Waals surface area contributed by atoms with Crippen molar-refractivity contribution in [3.05, 3.63) is 0 Å². The van der Waals surface area contributed by atoms with Gasteiger partial charge in [0.15, 0.2) is 0 Å². The van der Waals surface area contributed by atoms with E-state index in [-0.39, 0.29) is 12.6 Å². The average Bonchev–Trinajstić information content (AvgIpc) is 2.35. The van der Waals surface area contributed by atoms with Crippen molar-refractivity contribution in [1.82, 2.24) is 10.2 Å². The van der Waals surface area contributed by atoms with Gasteiger partial charge in [-0.1, -0.05) is 13.8 Å². The van der Waals surface area contributed by atoms with Crippen LogP contribution in [-0.2, 0) is 4.79 Å². The fraction of sp³-hybridized carbons (Fsp3) is 0.818. The molecule has 0 spiro atoms. The van der Waals surface area contributed by atoms with E-state index in [1.807, 2.05) is 11.8 Å². The maximum absolute atomic E-state index is 11.8. The van der Waals surface area contributed by atoms with Gasteiger partial charge in [-0.2, -0.15) is 11.8 Å². The molecule has 2 amide bonds. The molecule has 2 unspecified atom stereocenters. The molecule has 1 aliphatic heterocycles. The van der Waals surface area contributed by atoms with Gasteiger partial charge in [-0.25, -0.2) is 4.79 Å². The fourth-order valence-corrected chi connectivity index (χ4v) is 2.77. The second kappa shape index (κ2) is 6.74. The molecular weight excluding hydrogens is 240 g/mol. The molecule has 0 aliphatic carbocycles. The Morgan fingerprint density at radius 1 is 1.59 bits per heavy atom. The van der Waals surface area contributed by atoms with E-state index < -0.39 is 11.9 Å². The third kappa shape index (κ3) is 4.46. The number of urea groups is 1. The normalized spacial score (nSPS) is 22.0. The Hall–Kier alpha value is -0.910. The first-order valence-corrected chi connectivity index (χ1v) is 6.96. The van der Waals surface area contributed by atoms with Crippen molar-refractivity contribution in [1.29, 1.82) is 0 Å². The highest BCUT2D eigenvalue weighted by molar-refractivity contribution is 8.00. The number of hydrogen-bond acceptors (Lipinski definition) is 3. The molecule has 2 N–H and O–H groups in total. The summed E-state index contributed by atoms with van der Waals surface area (Å²) in [5.74, 6) is -0.466. The minimum absolute atomic E-state index is 0.142. The van der Waals surface area contributed by atoms with Crippen molar-refractivity contribution in [2.24, 2.45) is 5.92 Å². The van der Waals surface area contributed by atoms with Crippen LogP contribution in [0.15, 0.2) is 0 Å². The molecule has 0 aromatic rings. The molecule has 2 atom stereocenters. The van der Waals surface area contributed by atoms with Crippen molar-refractivity contribution >= 4 is 23.8 Å². The van der Waals surface area contributed by atoms with E-state index in [9.17, 15) is 9.59 Å². The molecular formula is C11H20N2O3S. The first kappa shape index (κ1) is 14.2. The molecule has 0 saturated carbocycles. The molecule has 6 heteroatoms. The minimum atomic E-state index is -0.883. The predicted molar refractivity (Wildman–Crippen MR) is 68.3 cm³/mol. The number of nitrogens with one attached hydrogen (secondary N) is 1. The van der Waals surface area contributed by atoms with Crippen LogP contribution in [0.5, 0.6) is 0 Å². The monoisotopic (exact) mass is 260 g/mol. The van der Waals surface area contributed by atoms with E-state index in [0.29, 0.717) is 5.25 Å². The Labute approximate surface area is 106 Å². The third-order valence-electron chi connectivity index (χ3n) is 2.86. The molecule has 1 fully saturated rings. The van der Waals surface area contributed by atoms with Crippen LogP contribution in [0.1, 0.15) is 20.3 Å². The highest BCUT2D eigenvalue weighted by atomic mass is 32.2. The lowest BCUT2D eigenvalue weighted by Gasteiger charge is -2.32. The number of hydrogen-bond donors (Lipinski definition) is 2.